The van der Waals surface area contributed by atoms with Gasteiger partial charge in [-0.2, -0.15) is 28.4 Å². The molecule has 58 heavy (non-hydrogen) atoms. The summed E-state index contributed by atoms with van der Waals surface area (Å²) < 4.78 is 33.5. The Kier molecular flexibility index (Phi) is 12.9. The molecule has 308 valence electrons. The number of anilines is 2. The van der Waals surface area contributed by atoms with Crippen LogP contribution in [0.2, 0.25) is 0 Å². The third-order valence-electron chi connectivity index (χ3n) is 10.3. The Morgan fingerprint density at radius 3 is 2.40 bits per heavy atom. The molecule has 20 heteroatoms. The minimum atomic E-state index is -5.08. The maximum absolute atomic E-state index is 12.7. The third-order valence-corrected chi connectivity index (χ3v) is 10.3. The standard InChI is InChI=1S/C36H43N11O4.C2HF3O2/c1-2-29(48)43-27-15-28(32(50)31(27)49)47-20-40-30-33(39-17-21-7-9-22(10-8-21)26-6-4-3-5-23(26)16-37)44-35(45-34(30)47)46-14-12-25(19-46)42-36(51)41-24-11-13-38-18-24;3-2(4,5)1(6)7/h3-10,20,24-25,27-28,31-32,38,49-50H,2,11-15,17-19H2,1H3,(H,43,48)(H,39,44,45)(H2,41,42,51);(H,6,7)/t24-,25-,27+,28-,31-,32+;/m1./s1. The molecule has 4 heterocycles. The summed E-state index contributed by atoms with van der Waals surface area (Å²) in [6, 6.07) is 16.3. The van der Waals surface area contributed by atoms with Crippen LogP contribution < -0.4 is 31.5 Å². The lowest BCUT2D eigenvalue weighted by Gasteiger charge is -2.21. The number of nitrogens with one attached hydrogen (secondary N) is 5. The number of nitrogens with zero attached hydrogens (tertiary/aromatic N) is 6. The number of urea groups is 1. The lowest BCUT2D eigenvalue weighted by atomic mass is 9.99. The first-order chi connectivity index (χ1) is 27.7. The van der Waals surface area contributed by atoms with Crippen LogP contribution in [0.1, 0.15) is 49.8 Å². The molecule has 1 aliphatic carbocycles. The van der Waals surface area contributed by atoms with Crippen LogP contribution in [0.4, 0.5) is 29.7 Å². The lowest BCUT2D eigenvalue weighted by molar-refractivity contribution is -0.192. The van der Waals surface area contributed by atoms with Gasteiger partial charge in [0.05, 0.1) is 30.0 Å². The van der Waals surface area contributed by atoms with E-state index in [4.69, 9.17) is 19.9 Å². The first kappa shape index (κ1) is 41.6. The molecule has 7 rings (SSSR count). The van der Waals surface area contributed by atoms with E-state index in [2.05, 4.69) is 37.6 Å². The fourth-order valence-corrected chi connectivity index (χ4v) is 7.22. The molecule has 2 aliphatic heterocycles. The summed E-state index contributed by atoms with van der Waals surface area (Å²) in [7, 11) is 0. The van der Waals surface area contributed by atoms with Crippen LogP contribution in [0.25, 0.3) is 22.3 Å². The number of carbonyl (C=O) groups is 3. The second-order valence-electron chi connectivity index (χ2n) is 14.3. The van der Waals surface area contributed by atoms with Crippen molar-refractivity contribution < 1.29 is 42.9 Å². The monoisotopic (exact) mass is 807 g/mol. The summed E-state index contributed by atoms with van der Waals surface area (Å²) in [5.41, 5.74) is 4.39. The molecule has 0 bridgehead atoms. The number of aliphatic hydroxyl groups is 2. The number of nitriles is 1. The number of alkyl halides is 3. The number of halogens is 3. The van der Waals surface area contributed by atoms with E-state index in [1.807, 2.05) is 47.4 Å². The SMILES string of the molecule is CCC(=O)N[C@H]1C[C@@H](n2cnc3c(NCc4ccc(-c5ccccc5C#N)cc4)nc(N4CC[C@@H](NC(=O)N[C@@H]5CCNC5)C4)nc32)[C@H](O)[C@@H]1O.O=C(O)C(F)(F)F. The number of hydrogen-bond acceptors (Lipinski definition) is 12. The van der Waals surface area contributed by atoms with Crippen LogP contribution in [0, 0.1) is 11.3 Å². The molecular formula is C38H44F3N11O6. The Balaban J connectivity index is 0.000000743. The number of rotatable bonds is 10. The van der Waals surface area contributed by atoms with Crippen LogP contribution >= 0.6 is 0 Å². The lowest BCUT2D eigenvalue weighted by Crippen LogP contribution is -2.47. The number of carboxylic acids is 1. The summed E-state index contributed by atoms with van der Waals surface area (Å²) >= 11 is 0. The molecule has 3 fully saturated rings. The molecule has 0 radical (unpaired) electrons. The van der Waals surface area contributed by atoms with Crippen molar-refractivity contribution in [1.29, 1.82) is 5.26 Å². The van der Waals surface area contributed by atoms with Gasteiger partial charge in [0, 0.05) is 44.7 Å². The smallest absolute Gasteiger partial charge is 0.475 e. The highest BCUT2D eigenvalue weighted by Crippen LogP contribution is 2.35. The molecule has 2 aromatic carbocycles. The number of aliphatic carboxylic acids is 1. The maximum atomic E-state index is 12.7. The number of benzene rings is 2. The second-order valence-corrected chi connectivity index (χ2v) is 14.3. The summed E-state index contributed by atoms with van der Waals surface area (Å²) in [5, 5.41) is 54.3. The van der Waals surface area contributed by atoms with E-state index in [1.54, 1.807) is 23.9 Å². The first-order valence-corrected chi connectivity index (χ1v) is 18.8. The van der Waals surface area contributed by atoms with Gasteiger partial charge in [-0.25, -0.2) is 14.6 Å². The number of fused-ring (bicyclic) bond motifs is 1. The van der Waals surface area contributed by atoms with E-state index < -0.39 is 36.4 Å². The van der Waals surface area contributed by atoms with Gasteiger partial charge in [0.1, 0.15) is 12.2 Å². The van der Waals surface area contributed by atoms with Crippen LogP contribution in [0.5, 0.6) is 0 Å². The predicted molar refractivity (Wildman–Crippen MR) is 204 cm³/mol. The van der Waals surface area contributed by atoms with Crippen LogP contribution in [0.15, 0.2) is 54.9 Å². The quantitative estimate of drug-likeness (QED) is 0.115. The Labute approximate surface area is 330 Å². The molecule has 17 nitrogen and oxygen atoms in total. The Bertz CT molecular complexity index is 2140. The molecule has 3 aliphatic rings. The first-order valence-electron chi connectivity index (χ1n) is 18.8. The number of aromatic nitrogens is 4. The van der Waals surface area contributed by atoms with Gasteiger partial charge in [-0.3, -0.25) is 4.79 Å². The van der Waals surface area contributed by atoms with E-state index in [-0.39, 0.29) is 30.4 Å². The number of carboxylic acid groups (broad SMARTS) is 1. The fraction of sp³-hybridized carbons (Fsp3) is 0.447. The van der Waals surface area contributed by atoms with E-state index in [0.717, 1.165) is 36.2 Å². The molecular weight excluding hydrogens is 763 g/mol. The largest absolute Gasteiger partial charge is 0.490 e. The second kappa shape index (κ2) is 18.0. The molecule has 6 atom stereocenters. The zero-order valence-electron chi connectivity index (χ0n) is 31.4. The summed E-state index contributed by atoms with van der Waals surface area (Å²) in [6.45, 7) is 4.95. The van der Waals surface area contributed by atoms with Crippen molar-refractivity contribution in [3.05, 3.63) is 66.0 Å². The number of carbonyl (C=O) groups excluding carboxylic acids is 2. The van der Waals surface area contributed by atoms with Gasteiger partial charge < -0.3 is 51.4 Å². The Morgan fingerprint density at radius 2 is 1.72 bits per heavy atom. The fourth-order valence-electron chi connectivity index (χ4n) is 7.22. The van der Waals surface area contributed by atoms with Gasteiger partial charge >= 0.3 is 18.2 Å². The van der Waals surface area contributed by atoms with Gasteiger partial charge in [-0.1, -0.05) is 49.4 Å². The van der Waals surface area contributed by atoms with Gasteiger partial charge in [-0.05, 0) is 48.6 Å². The van der Waals surface area contributed by atoms with E-state index in [0.29, 0.717) is 61.0 Å². The average Bonchev–Trinajstić information content (AvgIpc) is 4.03. The predicted octanol–water partition coefficient (Wildman–Crippen LogP) is 2.41. The van der Waals surface area contributed by atoms with Crippen molar-refractivity contribution in [3.8, 4) is 17.2 Å². The van der Waals surface area contributed by atoms with Gasteiger partial charge in [0.25, 0.3) is 0 Å². The summed E-state index contributed by atoms with van der Waals surface area (Å²) in [4.78, 5) is 50.3. The van der Waals surface area contributed by atoms with E-state index >= 15 is 0 Å². The van der Waals surface area contributed by atoms with Crippen LogP contribution in [0.3, 0.4) is 0 Å². The van der Waals surface area contributed by atoms with Crippen molar-refractivity contribution in [3.63, 3.8) is 0 Å². The molecule has 8 N–H and O–H groups in total. The maximum Gasteiger partial charge on any atom is 0.490 e. The molecule has 2 aromatic heterocycles. The number of imidazole rings is 1. The molecule has 0 spiro atoms. The number of aliphatic hydroxyl groups excluding tert-OH is 2. The number of hydrogen-bond donors (Lipinski definition) is 8. The summed E-state index contributed by atoms with van der Waals surface area (Å²) in [6.07, 6.45) is -3.61. The molecule has 1 saturated carbocycles. The zero-order valence-corrected chi connectivity index (χ0v) is 31.4. The summed E-state index contributed by atoms with van der Waals surface area (Å²) in [5.74, 6) is -2.01. The highest BCUT2D eigenvalue weighted by Gasteiger charge is 2.44. The van der Waals surface area contributed by atoms with Gasteiger partial charge in [-0.15, -0.1) is 0 Å². The average molecular weight is 808 g/mol. The van der Waals surface area contributed by atoms with Crippen LogP contribution in [-0.2, 0) is 16.1 Å². The van der Waals surface area contributed by atoms with E-state index in [9.17, 15) is 38.2 Å². The molecule has 2 saturated heterocycles. The highest BCUT2D eigenvalue weighted by molar-refractivity contribution is 5.85. The number of amides is 3. The molecule has 3 amide bonds. The van der Waals surface area contributed by atoms with Crippen molar-refractivity contribution in [2.45, 2.75) is 81.7 Å². The zero-order chi connectivity index (χ0) is 41.6. The van der Waals surface area contributed by atoms with Gasteiger partial charge in [0.2, 0.25) is 11.9 Å². The highest BCUT2D eigenvalue weighted by atomic mass is 19.4. The Hall–Kier alpha value is -6.04. The van der Waals surface area contributed by atoms with Crippen molar-refractivity contribution in [2.75, 3.05) is 36.4 Å². The van der Waals surface area contributed by atoms with Crippen molar-refractivity contribution in [2.24, 2.45) is 0 Å². The van der Waals surface area contributed by atoms with Gasteiger partial charge in [0.15, 0.2) is 17.0 Å². The Morgan fingerprint density at radius 1 is 1.00 bits per heavy atom. The topological polar surface area (TPSA) is 243 Å². The minimum Gasteiger partial charge on any atom is -0.475 e. The normalized spacial score (nSPS) is 22.8. The van der Waals surface area contributed by atoms with Crippen molar-refractivity contribution in [1.82, 2.24) is 40.8 Å². The minimum absolute atomic E-state index is 0.0978. The van der Waals surface area contributed by atoms with Crippen molar-refractivity contribution >= 4 is 40.8 Å². The molecule has 4 aromatic rings. The van der Waals surface area contributed by atoms with E-state index in [1.165, 1.54) is 0 Å². The third kappa shape index (κ3) is 9.73. The molecule has 0 unspecified atom stereocenters. The van der Waals surface area contributed by atoms with Crippen LogP contribution in [-0.4, -0.2) is 115 Å².